The quantitative estimate of drug-likeness (QED) is 0.192. The molecule has 5 nitrogen and oxygen atoms in total. The maximum Gasteiger partial charge on any atom is 0.297 e. The number of hydrogen-bond acceptors (Lipinski definition) is 7. The van der Waals surface area contributed by atoms with Crippen molar-refractivity contribution in [3.8, 4) is 5.75 Å². The van der Waals surface area contributed by atoms with Crippen molar-refractivity contribution < 1.29 is 17.3 Å². The van der Waals surface area contributed by atoms with Gasteiger partial charge in [0.15, 0.2) is 4.34 Å². The SMILES string of the molecule is CSc1nc2ccccc2s1.Cc1ccc(S(=O)(=O)OCCOc2ccccc2)cc1. The van der Waals surface area contributed by atoms with Gasteiger partial charge in [-0.05, 0) is 49.6 Å². The van der Waals surface area contributed by atoms with Gasteiger partial charge in [-0.15, -0.1) is 11.3 Å². The maximum absolute atomic E-state index is 11.9. The molecule has 0 saturated carbocycles. The van der Waals surface area contributed by atoms with E-state index in [1.165, 1.54) is 16.8 Å². The van der Waals surface area contributed by atoms with Gasteiger partial charge in [-0.3, -0.25) is 4.18 Å². The van der Waals surface area contributed by atoms with Gasteiger partial charge < -0.3 is 4.74 Å². The predicted octanol–water partition coefficient (Wildman–Crippen LogP) is 5.80. The van der Waals surface area contributed by atoms with Gasteiger partial charge in [0, 0.05) is 0 Å². The van der Waals surface area contributed by atoms with Gasteiger partial charge in [0.2, 0.25) is 0 Å². The van der Waals surface area contributed by atoms with Crippen molar-refractivity contribution in [1.82, 2.24) is 4.98 Å². The van der Waals surface area contributed by atoms with Gasteiger partial charge in [0.25, 0.3) is 10.1 Å². The van der Waals surface area contributed by atoms with E-state index in [4.69, 9.17) is 8.92 Å². The fourth-order valence-electron chi connectivity index (χ4n) is 2.53. The van der Waals surface area contributed by atoms with Crippen LogP contribution >= 0.6 is 23.1 Å². The van der Waals surface area contributed by atoms with Gasteiger partial charge in [0.1, 0.15) is 19.0 Å². The van der Waals surface area contributed by atoms with Crippen molar-refractivity contribution in [3.63, 3.8) is 0 Å². The van der Waals surface area contributed by atoms with Crippen molar-refractivity contribution in [2.24, 2.45) is 0 Å². The monoisotopic (exact) mass is 473 g/mol. The summed E-state index contributed by atoms with van der Waals surface area (Å²) in [4.78, 5) is 4.57. The van der Waals surface area contributed by atoms with Crippen molar-refractivity contribution in [2.45, 2.75) is 16.2 Å². The van der Waals surface area contributed by atoms with E-state index in [2.05, 4.69) is 17.3 Å². The highest BCUT2D eigenvalue weighted by Gasteiger charge is 2.14. The van der Waals surface area contributed by atoms with Crippen LogP contribution in [0.3, 0.4) is 0 Å². The molecule has 0 atom stereocenters. The van der Waals surface area contributed by atoms with E-state index in [1.54, 1.807) is 47.4 Å². The van der Waals surface area contributed by atoms with E-state index in [1.807, 2.05) is 43.3 Å². The van der Waals surface area contributed by atoms with Crippen LogP contribution in [-0.2, 0) is 14.3 Å². The number of nitrogens with zero attached hydrogens (tertiary/aromatic N) is 1. The Morgan fingerprint density at radius 3 is 2.26 bits per heavy atom. The highest BCUT2D eigenvalue weighted by atomic mass is 32.2. The Morgan fingerprint density at radius 2 is 1.58 bits per heavy atom. The fourth-order valence-corrected chi connectivity index (χ4v) is 4.91. The molecule has 0 fully saturated rings. The first-order valence-electron chi connectivity index (χ1n) is 9.51. The van der Waals surface area contributed by atoms with Crippen LogP contribution in [0.25, 0.3) is 10.2 Å². The fraction of sp³-hybridized carbons (Fsp3) is 0.174. The number of fused-ring (bicyclic) bond motifs is 1. The highest BCUT2D eigenvalue weighted by molar-refractivity contribution is 8.00. The number of aromatic nitrogens is 1. The molecule has 0 N–H and O–H groups in total. The van der Waals surface area contributed by atoms with Crippen LogP contribution in [-0.4, -0.2) is 32.9 Å². The summed E-state index contributed by atoms with van der Waals surface area (Å²) in [6.07, 6.45) is 2.05. The average Bonchev–Trinajstić information content (AvgIpc) is 3.22. The number of benzene rings is 3. The molecule has 1 aromatic heterocycles. The summed E-state index contributed by atoms with van der Waals surface area (Å²) in [6.45, 7) is 2.05. The predicted molar refractivity (Wildman–Crippen MR) is 128 cm³/mol. The number of hydrogen-bond donors (Lipinski definition) is 0. The molecule has 1 heterocycles. The van der Waals surface area contributed by atoms with Crippen molar-refractivity contribution >= 4 is 43.4 Å². The third kappa shape index (κ3) is 7.07. The molecule has 0 spiro atoms. The first kappa shape index (κ1) is 23.3. The number of ether oxygens (including phenoxy) is 1. The zero-order valence-electron chi connectivity index (χ0n) is 17.2. The minimum absolute atomic E-state index is 0.0227. The van der Waals surface area contributed by atoms with Crippen LogP contribution in [0.4, 0.5) is 0 Å². The van der Waals surface area contributed by atoms with E-state index in [0.29, 0.717) is 5.75 Å². The van der Waals surface area contributed by atoms with Crippen LogP contribution in [0.1, 0.15) is 5.56 Å². The molecule has 162 valence electrons. The molecule has 4 aromatic rings. The van der Waals surface area contributed by atoms with Gasteiger partial charge in [0.05, 0.1) is 15.1 Å². The van der Waals surface area contributed by atoms with Crippen LogP contribution in [0.15, 0.2) is 88.1 Å². The Bertz CT molecular complexity index is 1160. The molecule has 0 unspecified atom stereocenters. The Kier molecular flexibility index (Phi) is 8.48. The first-order chi connectivity index (χ1) is 15.0. The lowest BCUT2D eigenvalue weighted by Crippen LogP contribution is -2.13. The maximum atomic E-state index is 11.9. The Morgan fingerprint density at radius 1 is 0.903 bits per heavy atom. The summed E-state index contributed by atoms with van der Waals surface area (Å²) < 4.78 is 36.5. The number of thiazole rings is 1. The van der Waals surface area contributed by atoms with Gasteiger partial charge >= 0.3 is 0 Å². The van der Waals surface area contributed by atoms with Gasteiger partial charge in [-0.2, -0.15) is 8.42 Å². The Hall–Kier alpha value is -2.39. The molecule has 0 saturated heterocycles. The lowest BCUT2D eigenvalue weighted by molar-refractivity contribution is 0.221. The molecule has 0 amide bonds. The molecular formula is C23H23NO4S3. The number of rotatable bonds is 7. The summed E-state index contributed by atoms with van der Waals surface area (Å²) in [5.74, 6) is 0.684. The van der Waals surface area contributed by atoms with E-state index in [-0.39, 0.29) is 18.1 Å². The third-order valence-electron chi connectivity index (χ3n) is 4.09. The molecule has 0 radical (unpaired) electrons. The largest absolute Gasteiger partial charge is 0.491 e. The number of aryl methyl sites for hydroxylation is 1. The molecule has 0 aliphatic rings. The topological polar surface area (TPSA) is 65.5 Å². The van der Waals surface area contributed by atoms with E-state index < -0.39 is 10.1 Å². The van der Waals surface area contributed by atoms with Crippen LogP contribution in [0, 0.1) is 6.92 Å². The molecule has 31 heavy (non-hydrogen) atoms. The Labute approximate surface area is 191 Å². The highest BCUT2D eigenvalue weighted by Crippen LogP contribution is 2.27. The standard InChI is InChI=1S/C15H16O4S.C8H7NS2/c1-13-7-9-15(10-8-13)20(16,17)19-12-11-18-14-5-3-2-4-6-14;1-10-8-9-6-4-2-3-5-7(6)11-8/h2-10H,11-12H2,1H3;2-5H,1H3. The molecular weight excluding hydrogens is 450 g/mol. The second-order valence-electron chi connectivity index (χ2n) is 6.40. The second kappa shape index (κ2) is 11.3. The van der Waals surface area contributed by atoms with Crippen LogP contribution in [0.2, 0.25) is 0 Å². The Balaban J connectivity index is 0.000000207. The minimum atomic E-state index is -3.71. The molecule has 8 heteroatoms. The molecule has 0 bridgehead atoms. The summed E-state index contributed by atoms with van der Waals surface area (Å²) in [5, 5.41) is 0. The van der Waals surface area contributed by atoms with E-state index >= 15 is 0 Å². The minimum Gasteiger partial charge on any atom is -0.491 e. The summed E-state index contributed by atoms with van der Waals surface area (Å²) >= 11 is 3.45. The molecule has 4 rings (SSSR count). The smallest absolute Gasteiger partial charge is 0.297 e. The second-order valence-corrected chi connectivity index (χ2v) is 10.1. The van der Waals surface area contributed by atoms with Crippen molar-refractivity contribution in [3.05, 3.63) is 84.4 Å². The van der Waals surface area contributed by atoms with Gasteiger partial charge in [-0.25, -0.2) is 4.98 Å². The zero-order chi connectivity index (χ0) is 22.1. The lowest BCUT2D eigenvalue weighted by Gasteiger charge is -2.07. The molecule has 0 aliphatic heterocycles. The summed E-state index contributed by atoms with van der Waals surface area (Å²) in [5.41, 5.74) is 2.11. The first-order valence-corrected chi connectivity index (χ1v) is 13.0. The lowest BCUT2D eigenvalue weighted by atomic mass is 10.2. The van der Waals surface area contributed by atoms with Crippen molar-refractivity contribution in [2.75, 3.05) is 19.5 Å². The summed E-state index contributed by atoms with van der Waals surface area (Å²) in [6, 6.07) is 23.9. The number of para-hydroxylation sites is 2. The normalized spacial score (nSPS) is 11.0. The van der Waals surface area contributed by atoms with Gasteiger partial charge in [-0.1, -0.05) is 59.8 Å². The zero-order valence-corrected chi connectivity index (χ0v) is 19.7. The molecule has 3 aromatic carbocycles. The third-order valence-corrected chi connectivity index (χ3v) is 7.44. The van der Waals surface area contributed by atoms with Crippen LogP contribution < -0.4 is 4.74 Å². The van der Waals surface area contributed by atoms with Crippen LogP contribution in [0.5, 0.6) is 5.75 Å². The number of thioether (sulfide) groups is 1. The molecule has 0 aliphatic carbocycles. The summed E-state index contributed by atoms with van der Waals surface area (Å²) in [7, 11) is -3.71. The van der Waals surface area contributed by atoms with Crippen molar-refractivity contribution in [1.29, 1.82) is 0 Å². The van der Waals surface area contributed by atoms with E-state index in [0.717, 1.165) is 15.4 Å². The van der Waals surface area contributed by atoms with E-state index in [9.17, 15) is 8.42 Å². The average molecular weight is 474 g/mol.